The first-order chi connectivity index (χ1) is 17.1. The molecule has 2 aromatic heterocycles. The Hall–Kier alpha value is -3.76. The first-order valence-corrected chi connectivity index (χ1v) is 11.9. The first kappa shape index (κ1) is 24.4. The monoisotopic (exact) mass is 476 g/mol. The molecule has 6 N–H and O–H groups in total. The smallest absolute Gasteiger partial charge is 0.317 e. The van der Waals surface area contributed by atoms with Crippen LogP contribution in [0.2, 0.25) is 0 Å². The van der Waals surface area contributed by atoms with Crippen LogP contribution in [0.5, 0.6) is 0 Å². The number of rotatable bonds is 11. The summed E-state index contributed by atoms with van der Waals surface area (Å²) in [5, 5.41) is 19.1. The molecule has 1 fully saturated rings. The largest absolute Gasteiger partial charge is 0.480 e. The van der Waals surface area contributed by atoms with Crippen molar-refractivity contribution in [3.05, 3.63) is 55.0 Å². The Morgan fingerprint density at radius 3 is 2.57 bits per heavy atom. The topological polar surface area (TPSA) is 141 Å². The lowest BCUT2D eigenvalue weighted by molar-refractivity contribution is -0.138. The van der Waals surface area contributed by atoms with Crippen molar-refractivity contribution in [2.75, 3.05) is 48.7 Å². The van der Waals surface area contributed by atoms with Crippen molar-refractivity contribution < 1.29 is 9.90 Å². The number of carbonyl (C=O) groups is 1. The Kier molecular flexibility index (Phi) is 8.42. The summed E-state index contributed by atoms with van der Waals surface area (Å²) in [6.07, 6.45) is 8.05. The number of likely N-dealkylation sites (tertiary alicyclic amines) is 1. The third-order valence-corrected chi connectivity index (χ3v) is 5.86. The quantitative estimate of drug-likeness (QED) is 0.262. The summed E-state index contributed by atoms with van der Waals surface area (Å²) in [6, 6.07) is 12.3. The number of hydrogen-bond donors (Lipinski definition) is 5. The minimum Gasteiger partial charge on any atom is -0.480 e. The lowest BCUT2D eigenvalue weighted by Crippen LogP contribution is -2.41. The van der Waals surface area contributed by atoms with Crippen molar-refractivity contribution in [1.29, 1.82) is 0 Å². The molecule has 1 aliphatic rings. The van der Waals surface area contributed by atoms with Crippen molar-refractivity contribution in [1.82, 2.24) is 19.9 Å². The summed E-state index contributed by atoms with van der Waals surface area (Å²) in [6.45, 7) is 3.06. The molecule has 184 valence electrons. The van der Waals surface area contributed by atoms with Crippen LogP contribution >= 0.6 is 0 Å². The van der Waals surface area contributed by atoms with Crippen LogP contribution in [0, 0.1) is 0 Å². The van der Waals surface area contributed by atoms with Gasteiger partial charge in [0.15, 0.2) is 0 Å². The SMILES string of the molecule is NCCCNc1ncc(-c2ccnc(Nc3cccc(NC4CCN(CC(=O)O)CC4)c3)c2)cn1. The normalized spacial score (nSPS) is 14.4. The molecule has 3 aromatic rings. The van der Waals surface area contributed by atoms with E-state index in [1.807, 2.05) is 35.2 Å². The van der Waals surface area contributed by atoms with Gasteiger partial charge in [0.05, 0.1) is 6.54 Å². The van der Waals surface area contributed by atoms with Crippen molar-refractivity contribution in [2.24, 2.45) is 5.73 Å². The number of benzene rings is 1. The molecule has 0 bridgehead atoms. The van der Waals surface area contributed by atoms with E-state index in [2.05, 4.69) is 37.0 Å². The molecule has 0 saturated carbocycles. The van der Waals surface area contributed by atoms with Crippen LogP contribution in [0.25, 0.3) is 11.1 Å². The molecule has 10 heteroatoms. The number of pyridine rings is 1. The molecular weight excluding hydrogens is 444 g/mol. The van der Waals surface area contributed by atoms with Gasteiger partial charge in [0.2, 0.25) is 5.95 Å². The average Bonchev–Trinajstić information content (AvgIpc) is 2.86. The lowest BCUT2D eigenvalue weighted by Gasteiger charge is -2.31. The highest BCUT2D eigenvalue weighted by Gasteiger charge is 2.20. The van der Waals surface area contributed by atoms with Gasteiger partial charge in [0.1, 0.15) is 5.82 Å². The third kappa shape index (κ3) is 7.36. The predicted octanol–water partition coefficient (Wildman–Crippen LogP) is 3.00. The molecule has 0 spiro atoms. The fourth-order valence-corrected chi connectivity index (χ4v) is 4.05. The van der Waals surface area contributed by atoms with Gasteiger partial charge in [-0.15, -0.1) is 0 Å². The van der Waals surface area contributed by atoms with Gasteiger partial charge in [0.25, 0.3) is 0 Å². The minimum absolute atomic E-state index is 0.111. The summed E-state index contributed by atoms with van der Waals surface area (Å²) >= 11 is 0. The number of carboxylic acids is 1. The summed E-state index contributed by atoms with van der Waals surface area (Å²) in [5.74, 6) is 0.547. The van der Waals surface area contributed by atoms with E-state index in [0.717, 1.165) is 67.2 Å². The predicted molar refractivity (Wildman–Crippen MR) is 138 cm³/mol. The van der Waals surface area contributed by atoms with Gasteiger partial charge in [-0.05, 0) is 61.7 Å². The molecule has 0 amide bonds. The highest BCUT2D eigenvalue weighted by molar-refractivity contribution is 5.70. The number of aromatic nitrogens is 3. The Balaban J connectivity index is 1.35. The lowest BCUT2D eigenvalue weighted by atomic mass is 10.0. The van der Waals surface area contributed by atoms with Crippen LogP contribution in [-0.2, 0) is 4.79 Å². The Bertz CT molecular complexity index is 1100. The Morgan fingerprint density at radius 2 is 1.83 bits per heavy atom. The Labute approximate surface area is 205 Å². The molecule has 0 aliphatic carbocycles. The molecule has 4 rings (SSSR count). The summed E-state index contributed by atoms with van der Waals surface area (Å²) in [7, 11) is 0. The van der Waals surface area contributed by atoms with Gasteiger partial charge in [-0.2, -0.15) is 0 Å². The van der Waals surface area contributed by atoms with Gasteiger partial charge in [-0.3, -0.25) is 9.69 Å². The van der Waals surface area contributed by atoms with Gasteiger partial charge in [-0.1, -0.05) is 6.07 Å². The molecule has 10 nitrogen and oxygen atoms in total. The van der Waals surface area contributed by atoms with Crippen molar-refractivity contribution in [2.45, 2.75) is 25.3 Å². The van der Waals surface area contributed by atoms with Crippen molar-refractivity contribution >= 4 is 29.1 Å². The molecule has 3 heterocycles. The van der Waals surface area contributed by atoms with E-state index in [0.29, 0.717) is 18.5 Å². The van der Waals surface area contributed by atoms with Crippen LogP contribution in [0.3, 0.4) is 0 Å². The molecule has 1 aliphatic heterocycles. The highest BCUT2D eigenvalue weighted by Crippen LogP contribution is 2.25. The zero-order chi connectivity index (χ0) is 24.5. The maximum absolute atomic E-state index is 10.9. The maximum atomic E-state index is 10.9. The van der Waals surface area contributed by atoms with E-state index < -0.39 is 5.97 Å². The van der Waals surface area contributed by atoms with Crippen LogP contribution in [0.1, 0.15) is 19.3 Å². The second-order valence-corrected chi connectivity index (χ2v) is 8.59. The van der Waals surface area contributed by atoms with Crippen LogP contribution in [0.15, 0.2) is 55.0 Å². The van der Waals surface area contributed by atoms with Gasteiger partial charge < -0.3 is 26.8 Å². The zero-order valence-electron chi connectivity index (χ0n) is 19.7. The highest BCUT2D eigenvalue weighted by atomic mass is 16.4. The Morgan fingerprint density at radius 1 is 1.06 bits per heavy atom. The van der Waals surface area contributed by atoms with Crippen LogP contribution in [0.4, 0.5) is 23.1 Å². The minimum atomic E-state index is -0.771. The number of nitrogens with two attached hydrogens (primary N) is 1. The van der Waals surface area contributed by atoms with E-state index in [4.69, 9.17) is 10.8 Å². The maximum Gasteiger partial charge on any atom is 0.317 e. The number of aliphatic carboxylic acids is 1. The summed E-state index contributed by atoms with van der Waals surface area (Å²) < 4.78 is 0. The van der Waals surface area contributed by atoms with E-state index >= 15 is 0 Å². The van der Waals surface area contributed by atoms with Crippen LogP contribution < -0.4 is 21.7 Å². The second kappa shape index (κ2) is 12.1. The van der Waals surface area contributed by atoms with Crippen molar-refractivity contribution in [3.8, 4) is 11.1 Å². The van der Waals surface area contributed by atoms with E-state index in [1.165, 1.54) is 0 Å². The number of piperidine rings is 1. The fourth-order valence-electron chi connectivity index (χ4n) is 4.05. The van der Waals surface area contributed by atoms with E-state index in [9.17, 15) is 4.79 Å². The molecule has 1 saturated heterocycles. The van der Waals surface area contributed by atoms with Crippen molar-refractivity contribution in [3.63, 3.8) is 0 Å². The van der Waals surface area contributed by atoms with Gasteiger partial charge in [-0.25, -0.2) is 15.0 Å². The number of nitrogens with one attached hydrogen (secondary N) is 3. The molecule has 35 heavy (non-hydrogen) atoms. The summed E-state index contributed by atoms with van der Waals surface area (Å²) in [4.78, 5) is 26.1. The number of hydrogen-bond acceptors (Lipinski definition) is 9. The standard InChI is InChI=1S/C25H32N8O2/c26-8-2-9-28-25-29-15-19(16-30-25)18-5-10-27-23(13-18)32-22-4-1-3-21(14-22)31-20-6-11-33(12-7-20)17-24(34)35/h1,3-5,10,13-16,20,31H,2,6-9,11-12,17,26H2,(H,27,32)(H,34,35)(H,28,29,30). The first-order valence-electron chi connectivity index (χ1n) is 11.9. The van der Waals surface area contributed by atoms with E-state index in [1.54, 1.807) is 18.6 Å². The van der Waals surface area contributed by atoms with E-state index in [-0.39, 0.29) is 6.54 Å². The number of carboxylic acid groups (broad SMARTS) is 1. The number of anilines is 4. The average molecular weight is 477 g/mol. The second-order valence-electron chi connectivity index (χ2n) is 8.59. The zero-order valence-corrected chi connectivity index (χ0v) is 19.7. The fraction of sp³-hybridized carbons (Fsp3) is 0.360. The molecule has 1 aromatic carbocycles. The molecule has 0 radical (unpaired) electrons. The molecular formula is C25H32N8O2. The third-order valence-electron chi connectivity index (χ3n) is 5.86. The summed E-state index contributed by atoms with van der Waals surface area (Å²) in [5.41, 5.74) is 9.35. The van der Waals surface area contributed by atoms with Gasteiger partial charge in [0, 0.05) is 61.2 Å². The van der Waals surface area contributed by atoms with Crippen LogP contribution in [-0.4, -0.2) is 69.7 Å². The molecule has 0 unspecified atom stereocenters. The molecule has 0 atom stereocenters. The van der Waals surface area contributed by atoms with Gasteiger partial charge >= 0.3 is 5.97 Å². The number of nitrogens with zero attached hydrogens (tertiary/aromatic N) is 4.